The van der Waals surface area contributed by atoms with Gasteiger partial charge in [0.25, 0.3) is 0 Å². The van der Waals surface area contributed by atoms with Crippen LogP contribution in [-0.2, 0) is 7.05 Å². The number of aromatic hydroxyl groups is 1. The van der Waals surface area contributed by atoms with E-state index in [0.717, 1.165) is 0 Å². The van der Waals surface area contributed by atoms with Gasteiger partial charge in [-0.3, -0.25) is 4.68 Å². The highest BCUT2D eigenvalue weighted by Crippen LogP contribution is 2.37. The molecule has 0 atom stereocenters. The first-order chi connectivity index (χ1) is 8.56. The molecule has 2 aromatic rings. The summed E-state index contributed by atoms with van der Waals surface area (Å²) in [6.07, 6.45) is 0. The zero-order valence-electron chi connectivity index (χ0n) is 10.0. The van der Waals surface area contributed by atoms with E-state index < -0.39 is 0 Å². The molecule has 0 saturated carbocycles. The summed E-state index contributed by atoms with van der Waals surface area (Å²) < 4.78 is 6.51. The van der Waals surface area contributed by atoms with Crippen molar-refractivity contribution in [3.05, 3.63) is 23.8 Å². The van der Waals surface area contributed by atoms with Crippen molar-refractivity contribution in [3.63, 3.8) is 0 Å². The summed E-state index contributed by atoms with van der Waals surface area (Å²) in [5.74, 6) is 0.633. The predicted octanol–water partition coefficient (Wildman–Crippen LogP) is 1.26. The Morgan fingerprint density at radius 2 is 2.17 bits per heavy atom. The molecule has 1 aromatic heterocycles. The summed E-state index contributed by atoms with van der Waals surface area (Å²) in [7, 11) is 3.12. The Balaban J connectivity index is 2.66. The van der Waals surface area contributed by atoms with Crippen LogP contribution in [0.3, 0.4) is 0 Å². The van der Waals surface area contributed by atoms with Gasteiger partial charge in [0.2, 0.25) is 0 Å². The van der Waals surface area contributed by atoms with Gasteiger partial charge in [0.15, 0.2) is 11.5 Å². The summed E-state index contributed by atoms with van der Waals surface area (Å²) in [4.78, 5) is 0. The Labute approximate surface area is 104 Å². The first-order valence-electron chi connectivity index (χ1n) is 5.17. The molecule has 0 aliphatic rings. The molecule has 0 amide bonds. The van der Waals surface area contributed by atoms with Crippen molar-refractivity contribution in [2.24, 2.45) is 7.05 Å². The van der Waals surface area contributed by atoms with Crippen molar-refractivity contribution in [1.82, 2.24) is 9.78 Å². The SMILES string of the molecule is COc1cc(C#N)cc(-c2cc(N)n(C)n2)c1O. The van der Waals surface area contributed by atoms with Crippen LogP contribution in [0.15, 0.2) is 18.2 Å². The Morgan fingerprint density at radius 3 is 2.67 bits per heavy atom. The van der Waals surface area contributed by atoms with Crippen LogP contribution in [0.25, 0.3) is 11.3 Å². The van der Waals surface area contributed by atoms with Crippen LogP contribution in [0.4, 0.5) is 5.82 Å². The number of nitriles is 1. The van der Waals surface area contributed by atoms with Gasteiger partial charge in [0.1, 0.15) is 5.82 Å². The first-order valence-corrected chi connectivity index (χ1v) is 5.17. The van der Waals surface area contributed by atoms with Gasteiger partial charge in [-0.05, 0) is 6.07 Å². The third-order valence-electron chi connectivity index (χ3n) is 2.62. The van der Waals surface area contributed by atoms with Crippen molar-refractivity contribution in [3.8, 4) is 28.8 Å². The summed E-state index contributed by atoms with van der Waals surface area (Å²) >= 11 is 0. The van der Waals surface area contributed by atoms with Gasteiger partial charge in [-0.1, -0.05) is 0 Å². The van der Waals surface area contributed by atoms with Gasteiger partial charge >= 0.3 is 0 Å². The van der Waals surface area contributed by atoms with E-state index >= 15 is 0 Å². The zero-order chi connectivity index (χ0) is 13.3. The number of phenolic OH excluding ortho intramolecular Hbond substituents is 1. The number of rotatable bonds is 2. The highest BCUT2D eigenvalue weighted by molar-refractivity contribution is 5.74. The number of aryl methyl sites for hydroxylation is 1. The molecule has 0 saturated heterocycles. The molecule has 0 fully saturated rings. The molecule has 1 aromatic carbocycles. The average molecular weight is 244 g/mol. The Morgan fingerprint density at radius 1 is 1.44 bits per heavy atom. The third kappa shape index (κ3) is 1.82. The number of hydrogen-bond donors (Lipinski definition) is 2. The van der Waals surface area contributed by atoms with Gasteiger partial charge in [-0.25, -0.2) is 0 Å². The number of hydrogen-bond acceptors (Lipinski definition) is 5. The minimum absolute atomic E-state index is 0.0606. The van der Waals surface area contributed by atoms with Gasteiger partial charge in [-0.2, -0.15) is 10.4 Å². The van der Waals surface area contributed by atoms with Crippen LogP contribution in [0.5, 0.6) is 11.5 Å². The summed E-state index contributed by atoms with van der Waals surface area (Å²) in [5, 5.41) is 23.1. The van der Waals surface area contributed by atoms with Crippen LogP contribution >= 0.6 is 0 Å². The number of methoxy groups -OCH3 is 1. The Bertz CT molecular complexity index is 621. The molecule has 0 unspecified atom stereocenters. The van der Waals surface area contributed by atoms with E-state index in [4.69, 9.17) is 15.7 Å². The van der Waals surface area contributed by atoms with Gasteiger partial charge in [-0.15, -0.1) is 0 Å². The molecule has 0 aliphatic heterocycles. The molecule has 2 rings (SSSR count). The lowest BCUT2D eigenvalue weighted by atomic mass is 10.1. The van der Waals surface area contributed by atoms with E-state index in [0.29, 0.717) is 22.6 Å². The second-order valence-electron chi connectivity index (χ2n) is 3.76. The van der Waals surface area contributed by atoms with E-state index in [2.05, 4.69) is 5.10 Å². The highest BCUT2D eigenvalue weighted by Gasteiger charge is 2.15. The van der Waals surface area contributed by atoms with E-state index in [1.54, 1.807) is 19.2 Å². The van der Waals surface area contributed by atoms with Crippen LogP contribution < -0.4 is 10.5 Å². The summed E-state index contributed by atoms with van der Waals surface area (Å²) in [6, 6.07) is 6.63. The predicted molar refractivity (Wildman–Crippen MR) is 66.0 cm³/mol. The van der Waals surface area contributed by atoms with Gasteiger partial charge in [0.05, 0.1) is 24.4 Å². The van der Waals surface area contributed by atoms with Crippen molar-refractivity contribution in [1.29, 1.82) is 5.26 Å². The molecule has 92 valence electrons. The molecule has 6 nitrogen and oxygen atoms in total. The minimum atomic E-state index is -0.0606. The minimum Gasteiger partial charge on any atom is -0.504 e. The van der Waals surface area contributed by atoms with Crippen LogP contribution in [0, 0.1) is 11.3 Å². The van der Waals surface area contributed by atoms with Crippen molar-refractivity contribution in [2.45, 2.75) is 0 Å². The standard InChI is InChI=1S/C12H12N4O2/c1-16-11(14)5-9(15-16)8-3-7(6-13)4-10(18-2)12(8)17/h3-5,17H,14H2,1-2H3. The maximum absolute atomic E-state index is 10.0. The Hall–Kier alpha value is -2.68. The van der Waals surface area contributed by atoms with Crippen LogP contribution in [-0.4, -0.2) is 22.0 Å². The lowest BCUT2D eigenvalue weighted by Crippen LogP contribution is -1.96. The number of aromatic nitrogens is 2. The first kappa shape index (κ1) is 11.8. The molecular weight excluding hydrogens is 232 g/mol. The lowest BCUT2D eigenvalue weighted by Gasteiger charge is -2.07. The topological polar surface area (TPSA) is 97.1 Å². The maximum atomic E-state index is 10.0. The Kier molecular flexibility index (Phi) is 2.81. The van der Waals surface area contributed by atoms with E-state index in [-0.39, 0.29) is 11.5 Å². The third-order valence-corrected chi connectivity index (χ3v) is 2.62. The lowest BCUT2D eigenvalue weighted by molar-refractivity contribution is 0.374. The second-order valence-corrected chi connectivity index (χ2v) is 3.76. The molecule has 0 bridgehead atoms. The fraction of sp³-hybridized carbons (Fsp3) is 0.167. The molecule has 3 N–H and O–H groups in total. The summed E-state index contributed by atoms with van der Waals surface area (Å²) in [5.41, 5.74) is 6.97. The molecule has 1 heterocycles. The molecule has 0 aliphatic carbocycles. The number of ether oxygens (including phenoxy) is 1. The maximum Gasteiger partial charge on any atom is 0.167 e. The molecular formula is C12H12N4O2. The van der Waals surface area contributed by atoms with Crippen molar-refractivity contribution < 1.29 is 9.84 Å². The number of nitrogens with zero attached hydrogens (tertiary/aromatic N) is 3. The number of phenols is 1. The van der Waals surface area contributed by atoms with Gasteiger partial charge in [0, 0.05) is 24.7 Å². The van der Waals surface area contributed by atoms with Crippen molar-refractivity contribution >= 4 is 5.82 Å². The number of anilines is 1. The summed E-state index contributed by atoms with van der Waals surface area (Å²) in [6.45, 7) is 0. The fourth-order valence-electron chi connectivity index (χ4n) is 1.64. The van der Waals surface area contributed by atoms with Crippen LogP contribution in [0.1, 0.15) is 5.56 Å². The number of nitrogens with two attached hydrogens (primary N) is 1. The zero-order valence-corrected chi connectivity index (χ0v) is 10.0. The van der Waals surface area contributed by atoms with E-state index in [1.807, 2.05) is 6.07 Å². The fourth-order valence-corrected chi connectivity index (χ4v) is 1.64. The monoisotopic (exact) mass is 244 g/mol. The number of benzene rings is 1. The van der Waals surface area contributed by atoms with E-state index in [9.17, 15) is 5.11 Å². The highest BCUT2D eigenvalue weighted by atomic mass is 16.5. The van der Waals surface area contributed by atoms with Crippen molar-refractivity contribution in [2.75, 3.05) is 12.8 Å². The molecule has 18 heavy (non-hydrogen) atoms. The number of nitrogen functional groups attached to an aromatic ring is 1. The quantitative estimate of drug-likeness (QED) is 0.828. The molecule has 0 radical (unpaired) electrons. The molecule has 6 heteroatoms. The smallest absolute Gasteiger partial charge is 0.167 e. The largest absolute Gasteiger partial charge is 0.504 e. The second kappa shape index (κ2) is 4.30. The van der Waals surface area contributed by atoms with E-state index in [1.165, 1.54) is 17.9 Å². The van der Waals surface area contributed by atoms with Crippen LogP contribution in [0.2, 0.25) is 0 Å². The molecule has 0 spiro atoms. The van der Waals surface area contributed by atoms with Gasteiger partial charge < -0.3 is 15.6 Å². The average Bonchev–Trinajstić information content (AvgIpc) is 2.69. The normalized spacial score (nSPS) is 10.1.